The van der Waals surface area contributed by atoms with Crippen LogP contribution in [0.5, 0.6) is 0 Å². The van der Waals surface area contributed by atoms with Gasteiger partial charge in [-0.1, -0.05) is 54.6 Å². The van der Waals surface area contributed by atoms with Gasteiger partial charge >= 0.3 is 6.18 Å². The zero-order valence-electron chi connectivity index (χ0n) is 17.6. The number of alkyl halides is 3. The Hall–Kier alpha value is -4.05. The molecule has 0 bridgehead atoms. The predicted molar refractivity (Wildman–Crippen MR) is 115 cm³/mol. The molecule has 0 radical (unpaired) electrons. The van der Waals surface area contributed by atoms with Gasteiger partial charge in [-0.3, -0.25) is 0 Å². The number of aliphatic carboxylic acids is 1. The first-order valence-electron chi connectivity index (χ1n) is 9.80. The molecule has 0 aliphatic rings. The van der Waals surface area contributed by atoms with Gasteiger partial charge in [-0.15, -0.1) is 0 Å². The van der Waals surface area contributed by atoms with E-state index in [9.17, 15) is 13.2 Å². The van der Waals surface area contributed by atoms with E-state index in [-0.39, 0.29) is 0 Å². The molecule has 4 rings (SSSR count). The van der Waals surface area contributed by atoms with Crippen molar-refractivity contribution in [2.75, 3.05) is 12.4 Å². The van der Waals surface area contributed by atoms with E-state index in [0.29, 0.717) is 11.6 Å². The molecule has 0 fully saturated rings. The van der Waals surface area contributed by atoms with Crippen molar-refractivity contribution in [1.29, 1.82) is 0 Å². The summed E-state index contributed by atoms with van der Waals surface area (Å²) in [7, 11) is 1.80. The van der Waals surface area contributed by atoms with Crippen LogP contribution in [0.15, 0.2) is 66.9 Å². The van der Waals surface area contributed by atoms with E-state index >= 15 is 0 Å². The fourth-order valence-electron chi connectivity index (χ4n) is 2.97. The third kappa shape index (κ3) is 5.80. The quantitative estimate of drug-likeness (QED) is 0.488. The Balaban J connectivity index is 0.000000383. The van der Waals surface area contributed by atoms with Crippen molar-refractivity contribution in [1.82, 2.24) is 15.0 Å². The molecule has 4 aromatic rings. The van der Waals surface area contributed by atoms with Crippen LogP contribution in [0.1, 0.15) is 5.56 Å². The number of benzene rings is 2. The maximum atomic E-state index is 10.5. The normalized spacial score (nSPS) is 10.9. The van der Waals surface area contributed by atoms with Crippen LogP contribution < -0.4 is 16.2 Å². The van der Waals surface area contributed by atoms with Crippen molar-refractivity contribution in [2.45, 2.75) is 12.7 Å². The van der Waals surface area contributed by atoms with Gasteiger partial charge in [-0.25, -0.2) is 9.97 Å². The summed E-state index contributed by atoms with van der Waals surface area (Å²) in [5.41, 5.74) is 10.0. The average Bonchev–Trinajstić information content (AvgIpc) is 2.83. The largest absolute Gasteiger partial charge is 0.542 e. The van der Waals surface area contributed by atoms with Crippen LogP contribution >= 0.6 is 0 Å². The molecule has 170 valence electrons. The van der Waals surface area contributed by atoms with Gasteiger partial charge in [0.1, 0.15) is 5.97 Å². The standard InChI is InChI=1S/C21H19N5.C2HF3O2/c1-23-21-24-13-17-11-18(15-5-3-2-4-6-15)19(25-20(17)26-21)16-9-7-14(12-22)8-10-16;3-2(4,5)1(6)7/h2-11,13H,12,22H2,1H3,(H,23,24,25,26);(H,6,7). The Morgan fingerprint density at radius 3 is 2.21 bits per heavy atom. The van der Waals surface area contributed by atoms with Crippen molar-refractivity contribution in [3.63, 3.8) is 0 Å². The minimum absolute atomic E-state index is 0.566. The van der Waals surface area contributed by atoms with Gasteiger partial charge in [0.15, 0.2) is 5.65 Å². The summed E-state index contributed by atoms with van der Waals surface area (Å²) in [4.78, 5) is 22.5. The first-order valence-corrected chi connectivity index (χ1v) is 9.80. The van der Waals surface area contributed by atoms with Gasteiger partial charge in [0.2, 0.25) is 5.95 Å². The van der Waals surface area contributed by atoms with Crippen LogP contribution in [-0.2, 0) is 11.3 Å². The minimum atomic E-state index is -5.19. The van der Waals surface area contributed by atoms with Crippen molar-refractivity contribution >= 4 is 23.0 Å². The number of nitrogens with one attached hydrogen (secondary N) is 1. The molecule has 0 amide bonds. The van der Waals surface area contributed by atoms with Crippen molar-refractivity contribution in [3.05, 3.63) is 72.4 Å². The Kier molecular flexibility index (Phi) is 7.19. The third-order valence-corrected chi connectivity index (χ3v) is 4.62. The second-order valence-corrected chi connectivity index (χ2v) is 6.84. The first kappa shape index (κ1) is 23.6. The topological polar surface area (TPSA) is 118 Å². The Morgan fingerprint density at radius 1 is 1.03 bits per heavy atom. The zero-order valence-corrected chi connectivity index (χ0v) is 17.6. The lowest BCUT2D eigenvalue weighted by Crippen LogP contribution is -2.47. The molecule has 7 nitrogen and oxygen atoms in total. The number of quaternary nitrogens is 1. The molecule has 10 heteroatoms. The smallest absolute Gasteiger partial charge is 0.430 e. The van der Waals surface area contributed by atoms with Gasteiger partial charge in [-0.2, -0.15) is 18.2 Å². The summed E-state index contributed by atoms with van der Waals surface area (Å²) in [6, 6.07) is 20.8. The summed E-state index contributed by atoms with van der Waals surface area (Å²) in [5, 5.41) is 12.7. The van der Waals surface area contributed by atoms with Crippen LogP contribution in [0.25, 0.3) is 33.4 Å². The lowest BCUT2D eigenvalue weighted by molar-refractivity contribution is -0.386. The Morgan fingerprint density at radius 2 is 1.67 bits per heavy atom. The van der Waals surface area contributed by atoms with Gasteiger partial charge in [0, 0.05) is 35.3 Å². The first-order chi connectivity index (χ1) is 15.7. The Bertz CT molecular complexity index is 1250. The van der Waals surface area contributed by atoms with Crippen molar-refractivity contribution in [3.8, 4) is 22.4 Å². The maximum Gasteiger partial charge on any atom is 0.430 e. The zero-order chi connectivity index (χ0) is 24.0. The second kappa shape index (κ2) is 10.0. The van der Waals surface area contributed by atoms with Crippen LogP contribution in [-0.4, -0.2) is 34.1 Å². The molecule has 2 heterocycles. The van der Waals surface area contributed by atoms with Gasteiger partial charge in [0.05, 0.1) is 12.2 Å². The number of carbonyl (C=O) groups is 1. The Labute approximate surface area is 187 Å². The molecule has 0 saturated carbocycles. The third-order valence-electron chi connectivity index (χ3n) is 4.62. The molecule has 33 heavy (non-hydrogen) atoms. The molecule has 0 unspecified atom stereocenters. The summed E-state index contributed by atoms with van der Waals surface area (Å²) >= 11 is 0. The highest BCUT2D eigenvalue weighted by atomic mass is 19.4. The summed E-state index contributed by atoms with van der Waals surface area (Å²) in [6.07, 6.45) is -3.39. The van der Waals surface area contributed by atoms with E-state index in [0.717, 1.165) is 34.3 Å². The monoisotopic (exact) mass is 455 g/mol. The van der Waals surface area contributed by atoms with E-state index in [4.69, 9.17) is 14.9 Å². The lowest BCUT2D eigenvalue weighted by atomic mass is 9.98. The van der Waals surface area contributed by atoms with Crippen LogP contribution in [0.3, 0.4) is 0 Å². The van der Waals surface area contributed by atoms with Crippen molar-refractivity contribution < 1.29 is 28.8 Å². The van der Waals surface area contributed by atoms with E-state index in [2.05, 4.69) is 63.5 Å². The number of halogens is 3. The second-order valence-electron chi connectivity index (χ2n) is 6.84. The number of hydrogen-bond acceptors (Lipinski definition) is 6. The number of fused-ring (bicyclic) bond motifs is 1. The van der Waals surface area contributed by atoms with E-state index < -0.39 is 12.1 Å². The molecule has 0 aliphatic carbocycles. The number of carboxylic acid groups (broad SMARTS) is 1. The predicted octanol–water partition coefficient (Wildman–Crippen LogP) is 2.44. The SMILES string of the molecule is CNc1ncc2cc(-c3ccccc3)c(-c3ccc(C[NH3+])cc3)nc2n1.O=C([O-])C(F)(F)F. The number of hydrogen-bond donors (Lipinski definition) is 2. The number of rotatable bonds is 4. The van der Waals surface area contributed by atoms with E-state index in [1.165, 1.54) is 5.56 Å². The van der Waals surface area contributed by atoms with Gasteiger partial charge < -0.3 is 21.0 Å². The average molecular weight is 455 g/mol. The molecule has 0 spiro atoms. The number of aromatic nitrogens is 3. The molecular weight excluding hydrogens is 435 g/mol. The fourth-order valence-corrected chi connectivity index (χ4v) is 2.97. The number of pyridine rings is 1. The van der Waals surface area contributed by atoms with Crippen molar-refractivity contribution in [2.24, 2.45) is 0 Å². The molecule has 4 N–H and O–H groups in total. The summed E-state index contributed by atoms with van der Waals surface area (Å²) < 4.78 is 31.5. The highest BCUT2D eigenvalue weighted by molar-refractivity contribution is 5.90. The maximum absolute atomic E-state index is 10.5. The molecule has 2 aromatic heterocycles. The molecule has 0 saturated heterocycles. The highest BCUT2D eigenvalue weighted by Gasteiger charge is 2.28. The minimum Gasteiger partial charge on any atom is -0.542 e. The van der Waals surface area contributed by atoms with Crippen LogP contribution in [0.2, 0.25) is 0 Å². The highest BCUT2D eigenvalue weighted by Crippen LogP contribution is 2.33. The fraction of sp³-hybridized carbons (Fsp3) is 0.130. The molecule has 0 aliphatic heterocycles. The summed E-state index contributed by atoms with van der Waals surface area (Å²) in [6.45, 7) is 0.774. The summed E-state index contributed by atoms with van der Waals surface area (Å²) in [5.74, 6) is -2.44. The number of carboxylic acids is 1. The van der Waals surface area contributed by atoms with E-state index in [1.807, 2.05) is 24.4 Å². The molecule has 0 atom stereocenters. The number of carbonyl (C=O) groups excluding carboxylic acids is 1. The van der Waals surface area contributed by atoms with Gasteiger partial charge in [0.25, 0.3) is 0 Å². The molecule has 2 aromatic carbocycles. The number of nitrogens with zero attached hydrogens (tertiary/aromatic N) is 3. The van der Waals surface area contributed by atoms with Crippen LogP contribution in [0.4, 0.5) is 19.1 Å². The van der Waals surface area contributed by atoms with E-state index in [1.54, 1.807) is 7.05 Å². The molecular formula is C23H20F3N5O2. The number of anilines is 1. The van der Waals surface area contributed by atoms with Gasteiger partial charge in [-0.05, 0) is 11.6 Å². The van der Waals surface area contributed by atoms with Crippen LogP contribution in [0, 0.1) is 0 Å². The lowest BCUT2D eigenvalue weighted by Gasteiger charge is -2.12.